The Morgan fingerprint density at radius 1 is 1.09 bits per heavy atom. The average molecular weight is 637 g/mol. The molecule has 3 aromatic carbocycles. The van der Waals surface area contributed by atoms with E-state index in [1.165, 1.54) is 47.0 Å². The molecule has 1 N–H and O–H groups in total. The number of benzene rings is 3. The van der Waals surface area contributed by atoms with Crippen molar-refractivity contribution in [3.05, 3.63) is 96.3 Å². The Labute approximate surface area is 259 Å². The fourth-order valence-electron chi connectivity index (χ4n) is 4.47. The number of hydrogen-bond donors (Lipinski definition) is 1. The quantitative estimate of drug-likeness (QED) is 0.186. The number of anilines is 1. The van der Waals surface area contributed by atoms with Gasteiger partial charge in [-0.3, -0.25) is 9.69 Å². The number of aromatic nitrogens is 3. The molecule has 224 valence electrons. The van der Waals surface area contributed by atoms with E-state index < -0.39 is 6.36 Å². The minimum Gasteiger partial charge on any atom is -0.497 e. The second-order valence-corrected chi connectivity index (χ2v) is 11.0. The molecular weight excluding hydrogens is 613 g/mol. The number of amides is 1. The van der Waals surface area contributed by atoms with Gasteiger partial charge in [-0.25, -0.2) is 9.67 Å². The number of carbonyl (C=O) groups excluding carboxylic acids is 1. The summed E-state index contributed by atoms with van der Waals surface area (Å²) in [7, 11) is 1.58. The maximum atomic E-state index is 12.9. The van der Waals surface area contributed by atoms with Crippen LogP contribution in [0.3, 0.4) is 0 Å². The normalized spacial score (nSPS) is 15.6. The molecule has 0 radical (unpaired) electrons. The van der Waals surface area contributed by atoms with Crippen LogP contribution in [0.1, 0.15) is 17.0 Å². The van der Waals surface area contributed by atoms with Gasteiger partial charge in [0.2, 0.25) is 5.91 Å². The van der Waals surface area contributed by atoms with Crippen LogP contribution in [0.15, 0.2) is 90.2 Å². The monoisotopic (exact) mass is 636 g/mol. The number of alkyl halides is 3. The van der Waals surface area contributed by atoms with Gasteiger partial charge in [-0.1, -0.05) is 54.2 Å². The van der Waals surface area contributed by atoms with Gasteiger partial charge in [0.05, 0.1) is 24.2 Å². The number of thiocarbonyl (C=S) groups is 1. The summed E-state index contributed by atoms with van der Waals surface area (Å²) in [6.45, 7) is 0.402. The molecule has 6 rings (SSSR count). The number of rotatable bonds is 8. The summed E-state index contributed by atoms with van der Waals surface area (Å²) >= 11 is 6.82. The summed E-state index contributed by atoms with van der Waals surface area (Å²) in [6, 6.07) is 18.5. The number of hydrogen-bond acceptors (Lipinski definition) is 7. The number of nitrogens with zero attached hydrogens (tertiary/aromatic N) is 5. The molecule has 0 saturated carbocycles. The van der Waals surface area contributed by atoms with Crippen molar-refractivity contribution in [3.8, 4) is 28.6 Å². The smallest absolute Gasteiger partial charge is 0.497 e. The number of halogens is 3. The second-order valence-electron chi connectivity index (χ2n) is 9.66. The summed E-state index contributed by atoms with van der Waals surface area (Å²) in [6.07, 6.45) is 0.850. The zero-order valence-electron chi connectivity index (χ0n) is 23.0. The summed E-state index contributed by atoms with van der Waals surface area (Å²) in [5.74, 6) is 1.14. The van der Waals surface area contributed by atoms with Crippen molar-refractivity contribution >= 4 is 45.9 Å². The third kappa shape index (κ3) is 6.76. The van der Waals surface area contributed by atoms with E-state index in [1.807, 2.05) is 42.5 Å². The first-order valence-corrected chi connectivity index (χ1v) is 14.6. The zero-order valence-corrected chi connectivity index (χ0v) is 24.6. The minimum atomic E-state index is -4.76. The lowest BCUT2D eigenvalue weighted by atomic mass is 10.1. The Balaban J connectivity index is 1.09. The fraction of sp³-hybridized carbons (Fsp3) is 0.167. The number of allylic oxidation sites excluding steroid dienone is 2. The van der Waals surface area contributed by atoms with E-state index in [0.717, 1.165) is 22.4 Å². The van der Waals surface area contributed by atoms with E-state index in [0.29, 0.717) is 29.0 Å². The number of carbonyl (C=O) groups is 1. The van der Waals surface area contributed by atoms with Crippen LogP contribution in [0.4, 0.5) is 18.9 Å². The van der Waals surface area contributed by atoms with Crippen LogP contribution in [0.2, 0.25) is 0 Å². The van der Waals surface area contributed by atoms with Gasteiger partial charge in [-0.05, 0) is 53.7 Å². The number of nitrogens with one attached hydrogen (secondary N) is 1. The van der Waals surface area contributed by atoms with E-state index in [2.05, 4.69) is 37.3 Å². The van der Waals surface area contributed by atoms with E-state index in [1.54, 1.807) is 12.0 Å². The molecule has 1 saturated heterocycles. The molecule has 1 aliphatic carbocycles. The standard InChI is InChI=1S/C30H23F3N6O3S2/c1-41-23-12-13-24(19-6-7-19)25(14-23)39-26(40)16-44-29(39)36-28(43)34-15-18-2-4-20(5-3-18)27-35-17-38(37-27)21-8-10-22(11-9-21)42-30(31,32)33/h2-14,17,19H,15-16H2,1H3,(H,34,43)/b36-29-. The summed E-state index contributed by atoms with van der Waals surface area (Å²) in [5.41, 5.74) is 3.94. The fourth-order valence-corrected chi connectivity index (χ4v) is 5.55. The first-order valence-electron chi connectivity index (χ1n) is 13.2. The van der Waals surface area contributed by atoms with E-state index in [4.69, 9.17) is 17.0 Å². The van der Waals surface area contributed by atoms with Crippen molar-refractivity contribution < 1.29 is 27.4 Å². The lowest BCUT2D eigenvalue weighted by Crippen LogP contribution is -2.32. The molecule has 2 heterocycles. The highest BCUT2D eigenvalue weighted by Crippen LogP contribution is 2.41. The molecule has 2 aliphatic rings. The largest absolute Gasteiger partial charge is 0.573 e. The number of ether oxygens (including phenoxy) is 2. The van der Waals surface area contributed by atoms with Crippen LogP contribution in [-0.4, -0.2) is 50.2 Å². The van der Waals surface area contributed by atoms with Crippen LogP contribution in [0.5, 0.6) is 11.5 Å². The molecule has 0 spiro atoms. The molecule has 0 bridgehead atoms. The van der Waals surface area contributed by atoms with Crippen molar-refractivity contribution in [2.75, 3.05) is 17.8 Å². The van der Waals surface area contributed by atoms with Gasteiger partial charge in [0.1, 0.15) is 17.8 Å². The Morgan fingerprint density at radius 2 is 1.82 bits per heavy atom. The predicted octanol–water partition coefficient (Wildman–Crippen LogP) is 6.01. The molecule has 1 fully saturated rings. The van der Waals surface area contributed by atoms with Gasteiger partial charge in [-0.15, -0.1) is 18.3 Å². The van der Waals surface area contributed by atoms with Crippen molar-refractivity contribution in [2.24, 2.45) is 4.99 Å². The third-order valence-electron chi connectivity index (χ3n) is 6.67. The lowest BCUT2D eigenvalue weighted by Gasteiger charge is -2.21. The van der Waals surface area contributed by atoms with Gasteiger partial charge in [0.15, 0.2) is 16.1 Å². The Kier molecular flexibility index (Phi) is 8.10. The second kappa shape index (κ2) is 12.1. The Hall–Kier alpha value is -4.69. The molecular formula is C30H23F3N6O3S2. The topological polar surface area (TPSA) is 93.9 Å². The summed E-state index contributed by atoms with van der Waals surface area (Å²) < 4.78 is 48.0. The molecule has 4 aromatic rings. The van der Waals surface area contributed by atoms with Crippen LogP contribution in [-0.2, 0) is 11.3 Å². The third-order valence-corrected chi connectivity index (χ3v) is 7.83. The molecule has 0 atom stereocenters. The average Bonchev–Trinajstić information content (AvgIpc) is 3.62. The van der Waals surface area contributed by atoms with Gasteiger partial charge in [0, 0.05) is 24.1 Å². The Bertz CT molecular complexity index is 1770. The molecule has 44 heavy (non-hydrogen) atoms. The van der Waals surface area contributed by atoms with Crippen LogP contribution >= 0.6 is 24.0 Å². The number of thioether (sulfide) groups is 1. The predicted molar refractivity (Wildman–Crippen MR) is 165 cm³/mol. The van der Waals surface area contributed by atoms with E-state index in [-0.39, 0.29) is 28.4 Å². The van der Waals surface area contributed by atoms with E-state index >= 15 is 0 Å². The number of amidine groups is 1. The van der Waals surface area contributed by atoms with Crippen molar-refractivity contribution in [1.82, 2.24) is 20.1 Å². The molecule has 0 unspecified atom stereocenters. The van der Waals surface area contributed by atoms with Crippen molar-refractivity contribution in [1.29, 1.82) is 0 Å². The molecule has 1 aromatic heterocycles. The van der Waals surface area contributed by atoms with Crippen LogP contribution < -0.4 is 19.7 Å². The van der Waals surface area contributed by atoms with Crippen LogP contribution in [0.25, 0.3) is 17.1 Å². The summed E-state index contributed by atoms with van der Waals surface area (Å²) in [5, 5.41) is 8.31. The first kappa shape index (κ1) is 29.4. The number of aliphatic imine (C=N–C) groups is 1. The molecule has 9 nitrogen and oxygen atoms in total. The maximum absolute atomic E-state index is 12.9. The SMILES string of the molecule is COc1ccc(C2C=C2)c(N2C(=O)CS/C2=N\C(=S)NCc2ccc(-c3ncn(-c4ccc(OC(F)(F)F)cc4)n3)cc2)c1. The maximum Gasteiger partial charge on any atom is 0.573 e. The van der Waals surface area contributed by atoms with Crippen molar-refractivity contribution in [2.45, 2.75) is 18.8 Å². The van der Waals surface area contributed by atoms with Gasteiger partial charge in [0.25, 0.3) is 0 Å². The molecule has 14 heteroatoms. The first-order chi connectivity index (χ1) is 21.2. The van der Waals surface area contributed by atoms with Crippen molar-refractivity contribution in [3.63, 3.8) is 0 Å². The molecule has 1 amide bonds. The lowest BCUT2D eigenvalue weighted by molar-refractivity contribution is -0.274. The van der Waals surface area contributed by atoms with Crippen LogP contribution in [0, 0.1) is 0 Å². The number of methoxy groups -OCH3 is 1. The van der Waals surface area contributed by atoms with E-state index in [9.17, 15) is 18.0 Å². The highest BCUT2D eigenvalue weighted by atomic mass is 32.2. The molecule has 1 aliphatic heterocycles. The minimum absolute atomic E-state index is 0.0779. The van der Waals surface area contributed by atoms with Gasteiger partial charge >= 0.3 is 6.36 Å². The van der Waals surface area contributed by atoms with Gasteiger partial charge < -0.3 is 14.8 Å². The highest BCUT2D eigenvalue weighted by Gasteiger charge is 2.34. The highest BCUT2D eigenvalue weighted by molar-refractivity contribution is 8.15. The summed E-state index contributed by atoms with van der Waals surface area (Å²) in [4.78, 5) is 23.3. The Morgan fingerprint density at radius 3 is 2.50 bits per heavy atom. The zero-order chi connectivity index (χ0) is 30.8. The van der Waals surface area contributed by atoms with Gasteiger partial charge in [-0.2, -0.15) is 4.99 Å².